The number of carboxylic acid groups (broad SMARTS) is 1. The minimum atomic E-state index is -0.998. The fourth-order valence-corrected chi connectivity index (χ4v) is 1.68. The molecule has 0 saturated heterocycles. The number of hydrogen-bond donors (Lipinski definition) is 1. The molecule has 4 nitrogen and oxygen atoms in total. The van der Waals surface area contributed by atoms with Crippen molar-refractivity contribution in [2.75, 3.05) is 0 Å². The van der Waals surface area contributed by atoms with Crippen molar-refractivity contribution in [3.63, 3.8) is 0 Å². The first kappa shape index (κ1) is 9.21. The van der Waals surface area contributed by atoms with E-state index in [0.717, 1.165) is 4.47 Å². The number of aromatic carboxylic acids is 1. The summed E-state index contributed by atoms with van der Waals surface area (Å²) in [6, 6.07) is 3.59. The van der Waals surface area contributed by atoms with Gasteiger partial charge in [0.15, 0.2) is 5.69 Å². The molecule has 0 bridgehead atoms. The lowest BCUT2D eigenvalue weighted by atomic mass is 10.3. The second-order valence-corrected chi connectivity index (χ2v) is 3.84. The van der Waals surface area contributed by atoms with Crippen LogP contribution in [0.25, 0.3) is 5.65 Å². The van der Waals surface area contributed by atoms with Gasteiger partial charge in [0.1, 0.15) is 5.65 Å². The van der Waals surface area contributed by atoms with Crippen LogP contribution in [-0.4, -0.2) is 20.5 Å². The van der Waals surface area contributed by atoms with Crippen LogP contribution < -0.4 is 0 Å². The van der Waals surface area contributed by atoms with Crippen molar-refractivity contribution in [2.45, 2.75) is 6.92 Å². The molecule has 0 atom stereocenters. The molecule has 0 aliphatic carbocycles. The number of imidazole rings is 1. The third kappa shape index (κ3) is 1.29. The summed E-state index contributed by atoms with van der Waals surface area (Å²) in [7, 11) is 0. The number of hydrogen-bond acceptors (Lipinski definition) is 2. The quantitative estimate of drug-likeness (QED) is 0.848. The van der Waals surface area contributed by atoms with E-state index in [9.17, 15) is 4.79 Å². The van der Waals surface area contributed by atoms with E-state index in [1.54, 1.807) is 23.6 Å². The van der Waals surface area contributed by atoms with Crippen LogP contribution in [0.5, 0.6) is 0 Å². The number of halogens is 1. The minimum absolute atomic E-state index is 0.100. The highest BCUT2D eigenvalue weighted by atomic mass is 79.9. The van der Waals surface area contributed by atoms with Crippen LogP contribution in [0.15, 0.2) is 22.8 Å². The molecule has 0 unspecified atom stereocenters. The Morgan fingerprint density at radius 1 is 1.57 bits per heavy atom. The molecule has 0 amide bonds. The summed E-state index contributed by atoms with van der Waals surface area (Å²) in [4.78, 5) is 14.8. The molecule has 0 aliphatic heterocycles. The fourth-order valence-electron chi connectivity index (χ4n) is 1.34. The average Bonchev–Trinajstić information content (AvgIpc) is 2.44. The molecule has 2 aromatic rings. The summed E-state index contributed by atoms with van der Waals surface area (Å²) in [5.74, 6) is -0.998. The van der Waals surface area contributed by atoms with E-state index >= 15 is 0 Å². The summed E-state index contributed by atoms with van der Waals surface area (Å²) in [6.45, 7) is 1.73. The topological polar surface area (TPSA) is 54.6 Å². The lowest BCUT2D eigenvalue weighted by molar-refractivity contribution is 0.0690. The van der Waals surface area contributed by atoms with E-state index in [4.69, 9.17) is 5.11 Å². The summed E-state index contributed by atoms with van der Waals surface area (Å²) < 4.78 is 2.63. The van der Waals surface area contributed by atoms with Gasteiger partial charge in [-0.15, -0.1) is 0 Å². The monoisotopic (exact) mass is 254 g/mol. The number of carbonyl (C=O) groups is 1. The van der Waals surface area contributed by atoms with Crippen LogP contribution >= 0.6 is 15.9 Å². The second-order valence-electron chi connectivity index (χ2n) is 2.93. The highest BCUT2D eigenvalue weighted by Gasteiger charge is 2.13. The van der Waals surface area contributed by atoms with Gasteiger partial charge >= 0.3 is 5.97 Å². The van der Waals surface area contributed by atoms with Gasteiger partial charge in [-0.2, -0.15) is 0 Å². The molecule has 2 aromatic heterocycles. The molecule has 0 radical (unpaired) electrons. The van der Waals surface area contributed by atoms with Crippen molar-refractivity contribution in [1.82, 2.24) is 9.38 Å². The third-order valence-corrected chi connectivity index (χ3v) is 2.49. The van der Waals surface area contributed by atoms with Gasteiger partial charge in [-0.1, -0.05) is 0 Å². The van der Waals surface area contributed by atoms with E-state index in [-0.39, 0.29) is 5.69 Å². The van der Waals surface area contributed by atoms with E-state index in [2.05, 4.69) is 20.9 Å². The molecule has 72 valence electrons. The molecule has 0 fully saturated rings. The SMILES string of the molecule is Cc1c(C(=O)O)nc2ccc(Br)cn12. The molecule has 5 heteroatoms. The Morgan fingerprint density at radius 3 is 2.93 bits per heavy atom. The van der Waals surface area contributed by atoms with Crippen LogP contribution in [0, 0.1) is 6.92 Å². The van der Waals surface area contributed by atoms with Crippen molar-refractivity contribution in [2.24, 2.45) is 0 Å². The number of fused-ring (bicyclic) bond motifs is 1. The van der Waals surface area contributed by atoms with Crippen molar-refractivity contribution >= 4 is 27.5 Å². The van der Waals surface area contributed by atoms with E-state index < -0.39 is 5.97 Å². The molecule has 0 saturated carbocycles. The number of carboxylic acids is 1. The molecule has 1 N–H and O–H groups in total. The van der Waals surface area contributed by atoms with Gasteiger partial charge in [-0.05, 0) is 35.0 Å². The molecule has 0 aromatic carbocycles. The van der Waals surface area contributed by atoms with Crippen LogP contribution in [-0.2, 0) is 0 Å². The fraction of sp³-hybridized carbons (Fsp3) is 0.111. The lowest BCUT2D eigenvalue weighted by Crippen LogP contribution is -1.99. The summed E-state index contributed by atoms with van der Waals surface area (Å²) in [6.07, 6.45) is 1.80. The zero-order valence-corrected chi connectivity index (χ0v) is 8.95. The van der Waals surface area contributed by atoms with Crippen LogP contribution in [0.3, 0.4) is 0 Å². The Labute approximate surface area is 88.3 Å². The first-order valence-corrected chi connectivity index (χ1v) is 4.76. The van der Waals surface area contributed by atoms with Gasteiger partial charge in [0, 0.05) is 10.7 Å². The van der Waals surface area contributed by atoms with Gasteiger partial charge in [0.25, 0.3) is 0 Å². The first-order chi connectivity index (χ1) is 6.59. The maximum Gasteiger partial charge on any atom is 0.356 e. The Kier molecular flexibility index (Phi) is 2.03. The highest BCUT2D eigenvalue weighted by molar-refractivity contribution is 9.10. The molecular weight excluding hydrogens is 248 g/mol. The zero-order valence-electron chi connectivity index (χ0n) is 7.36. The molecule has 0 spiro atoms. The maximum atomic E-state index is 10.8. The predicted octanol–water partition coefficient (Wildman–Crippen LogP) is 2.10. The lowest BCUT2D eigenvalue weighted by Gasteiger charge is -1.96. The third-order valence-electron chi connectivity index (χ3n) is 2.02. The molecule has 14 heavy (non-hydrogen) atoms. The van der Waals surface area contributed by atoms with Crippen LogP contribution in [0.2, 0.25) is 0 Å². The second kappa shape index (κ2) is 3.09. The maximum absolute atomic E-state index is 10.8. The Hall–Kier alpha value is -1.36. The van der Waals surface area contributed by atoms with E-state index in [1.807, 2.05) is 6.07 Å². The van der Waals surface area contributed by atoms with E-state index in [0.29, 0.717) is 11.3 Å². The Morgan fingerprint density at radius 2 is 2.29 bits per heavy atom. The molecular formula is C9H7BrN2O2. The number of rotatable bonds is 1. The number of nitrogens with zero attached hydrogens (tertiary/aromatic N) is 2. The standard InChI is InChI=1S/C9H7BrN2O2/c1-5-8(9(13)14)11-7-3-2-6(10)4-12(5)7/h2-4H,1H3,(H,13,14). The van der Waals surface area contributed by atoms with Gasteiger partial charge in [-0.25, -0.2) is 9.78 Å². The van der Waals surface area contributed by atoms with Gasteiger partial charge in [0.2, 0.25) is 0 Å². The highest BCUT2D eigenvalue weighted by Crippen LogP contribution is 2.16. The van der Waals surface area contributed by atoms with Gasteiger partial charge < -0.3 is 9.51 Å². The van der Waals surface area contributed by atoms with Gasteiger partial charge in [-0.3, -0.25) is 0 Å². The summed E-state index contributed by atoms with van der Waals surface area (Å²) in [5.41, 5.74) is 1.38. The number of pyridine rings is 1. The number of aromatic nitrogens is 2. The minimum Gasteiger partial charge on any atom is -0.476 e. The molecule has 2 heterocycles. The van der Waals surface area contributed by atoms with Crippen molar-refractivity contribution in [3.05, 3.63) is 34.2 Å². The summed E-state index contributed by atoms with van der Waals surface area (Å²) >= 11 is 3.32. The summed E-state index contributed by atoms with van der Waals surface area (Å²) in [5, 5.41) is 8.85. The van der Waals surface area contributed by atoms with Crippen LogP contribution in [0.1, 0.15) is 16.2 Å². The Balaban J connectivity index is 2.80. The van der Waals surface area contributed by atoms with Crippen molar-refractivity contribution in [1.29, 1.82) is 0 Å². The van der Waals surface area contributed by atoms with Crippen molar-refractivity contribution < 1.29 is 9.90 Å². The van der Waals surface area contributed by atoms with E-state index in [1.165, 1.54) is 0 Å². The Bertz CT molecular complexity index is 519. The van der Waals surface area contributed by atoms with Crippen molar-refractivity contribution in [3.8, 4) is 0 Å². The predicted molar refractivity (Wildman–Crippen MR) is 54.6 cm³/mol. The normalized spacial score (nSPS) is 10.7. The zero-order chi connectivity index (χ0) is 10.3. The smallest absolute Gasteiger partial charge is 0.356 e. The molecule has 0 aliphatic rings. The van der Waals surface area contributed by atoms with Gasteiger partial charge in [0.05, 0.1) is 5.69 Å². The largest absolute Gasteiger partial charge is 0.476 e. The molecule has 2 rings (SSSR count). The van der Waals surface area contributed by atoms with Crippen LogP contribution in [0.4, 0.5) is 0 Å². The average molecular weight is 255 g/mol. The first-order valence-electron chi connectivity index (χ1n) is 3.97. The number of aryl methyl sites for hydroxylation is 1.